The van der Waals surface area contributed by atoms with Gasteiger partial charge in [-0.2, -0.15) is 0 Å². The van der Waals surface area contributed by atoms with Gasteiger partial charge in [0.15, 0.2) is 0 Å². The van der Waals surface area contributed by atoms with Gasteiger partial charge in [-0.15, -0.1) is 0 Å². The van der Waals surface area contributed by atoms with E-state index in [4.69, 9.17) is 22.3 Å². The maximum Gasteiger partial charge on any atom is 0.326 e. The van der Waals surface area contributed by atoms with E-state index >= 15 is 0 Å². The van der Waals surface area contributed by atoms with Crippen LogP contribution in [0.5, 0.6) is 0 Å². The van der Waals surface area contributed by atoms with Crippen molar-refractivity contribution in [1.82, 2.24) is 10.6 Å². The molecule has 0 rings (SSSR count). The number of aliphatic carboxylic acids is 1. The van der Waals surface area contributed by atoms with Crippen LogP contribution in [0.25, 0.3) is 0 Å². The SMILES string of the molecule is NCCCC[C@H](NC(=O)[C@H](CO)NC(=O)[C@@H](N)CCC(N)=O)C(=O)O. The lowest BCUT2D eigenvalue weighted by Gasteiger charge is -2.21. The number of carboxylic acids is 1. The Bertz CT molecular complexity index is 473. The molecular formula is C14H27N5O6. The van der Waals surface area contributed by atoms with Gasteiger partial charge in [0.1, 0.15) is 12.1 Å². The summed E-state index contributed by atoms with van der Waals surface area (Å²) in [6, 6.07) is -3.61. The third-order valence-corrected chi connectivity index (χ3v) is 3.42. The molecule has 0 aromatic carbocycles. The molecule has 144 valence electrons. The van der Waals surface area contributed by atoms with Crippen LogP contribution in [0.3, 0.4) is 0 Å². The summed E-state index contributed by atoms with van der Waals surface area (Å²) in [5.41, 5.74) is 15.8. The highest BCUT2D eigenvalue weighted by Crippen LogP contribution is 2.02. The maximum atomic E-state index is 12.1. The smallest absolute Gasteiger partial charge is 0.326 e. The first-order valence-corrected chi connectivity index (χ1v) is 7.91. The first-order chi connectivity index (χ1) is 11.7. The maximum absolute atomic E-state index is 12.1. The van der Waals surface area contributed by atoms with E-state index in [0.29, 0.717) is 19.4 Å². The zero-order chi connectivity index (χ0) is 19.4. The van der Waals surface area contributed by atoms with Gasteiger partial charge in [0.05, 0.1) is 12.6 Å². The van der Waals surface area contributed by atoms with Gasteiger partial charge in [-0.1, -0.05) is 0 Å². The van der Waals surface area contributed by atoms with Crippen molar-refractivity contribution in [2.45, 2.75) is 50.2 Å². The topological polar surface area (TPSA) is 211 Å². The van der Waals surface area contributed by atoms with Gasteiger partial charge >= 0.3 is 5.97 Å². The lowest BCUT2D eigenvalue weighted by molar-refractivity contribution is -0.142. The Balaban J connectivity index is 4.63. The number of nitrogens with one attached hydrogen (secondary N) is 2. The van der Waals surface area contributed by atoms with Crippen LogP contribution in [0.15, 0.2) is 0 Å². The minimum atomic E-state index is -1.36. The van der Waals surface area contributed by atoms with Gasteiger partial charge in [0.2, 0.25) is 17.7 Å². The van der Waals surface area contributed by atoms with E-state index in [1.165, 1.54) is 0 Å². The molecule has 0 spiro atoms. The first kappa shape index (κ1) is 22.8. The Kier molecular flexibility index (Phi) is 11.1. The van der Waals surface area contributed by atoms with Crippen molar-refractivity contribution < 1.29 is 29.4 Å². The van der Waals surface area contributed by atoms with Crippen LogP contribution in [0, 0.1) is 0 Å². The number of carbonyl (C=O) groups is 4. The molecule has 0 heterocycles. The molecule has 0 fully saturated rings. The molecule has 3 atom stereocenters. The summed E-state index contributed by atoms with van der Waals surface area (Å²) < 4.78 is 0. The second kappa shape index (κ2) is 12.2. The molecule has 0 aliphatic carbocycles. The van der Waals surface area contributed by atoms with Gasteiger partial charge in [-0.05, 0) is 32.2 Å². The van der Waals surface area contributed by atoms with Crippen molar-refractivity contribution in [1.29, 1.82) is 0 Å². The van der Waals surface area contributed by atoms with Crippen molar-refractivity contribution in [3.63, 3.8) is 0 Å². The zero-order valence-corrected chi connectivity index (χ0v) is 13.9. The molecule has 0 saturated heterocycles. The molecule has 0 aromatic rings. The van der Waals surface area contributed by atoms with Crippen LogP contribution in [-0.2, 0) is 19.2 Å². The van der Waals surface area contributed by atoms with E-state index in [9.17, 15) is 24.3 Å². The quantitative estimate of drug-likeness (QED) is 0.165. The van der Waals surface area contributed by atoms with E-state index in [2.05, 4.69) is 10.6 Å². The predicted octanol–water partition coefficient (Wildman–Crippen LogP) is -3.25. The average Bonchev–Trinajstić information content (AvgIpc) is 2.55. The summed E-state index contributed by atoms with van der Waals surface area (Å²) >= 11 is 0. The lowest BCUT2D eigenvalue weighted by Crippen LogP contribution is -2.55. The fourth-order valence-corrected chi connectivity index (χ4v) is 1.92. The van der Waals surface area contributed by atoms with E-state index in [-0.39, 0.29) is 19.3 Å². The fraction of sp³-hybridized carbons (Fsp3) is 0.714. The Hall–Kier alpha value is -2.24. The Morgan fingerprint density at radius 1 is 0.960 bits per heavy atom. The van der Waals surface area contributed by atoms with Gasteiger partial charge in [-0.3, -0.25) is 14.4 Å². The number of carboxylic acid groups (broad SMARTS) is 1. The molecule has 25 heavy (non-hydrogen) atoms. The monoisotopic (exact) mass is 361 g/mol. The van der Waals surface area contributed by atoms with E-state index in [1.54, 1.807) is 0 Å². The third-order valence-electron chi connectivity index (χ3n) is 3.42. The van der Waals surface area contributed by atoms with Crippen LogP contribution >= 0.6 is 0 Å². The molecule has 0 saturated carbocycles. The molecule has 11 heteroatoms. The van der Waals surface area contributed by atoms with Crippen LogP contribution in [-0.4, -0.2) is 65.2 Å². The third kappa shape index (κ3) is 9.59. The summed E-state index contributed by atoms with van der Waals surface area (Å²) in [5, 5.41) is 22.8. The minimum Gasteiger partial charge on any atom is -0.480 e. The van der Waals surface area contributed by atoms with E-state index in [1.807, 2.05) is 0 Å². The number of carbonyl (C=O) groups excluding carboxylic acids is 3. The largest absolute Gasteiger partial charge is 0.480 e. The second-order valence-electron chi connectivity index (χ2n) is 5.54. The number of rotatable bonds is 13. The number of amides is 3. The standard InChI is InChI=1S/C14H27N5O6/c15-6-2-1-3-9(14(24)25)18-13(23)10(7-20)19-12(22)8(16)4-5-11(17)21/h8-10,20H,1-7,15-16H2,(H2,17,21)(H,18,23)(H,19,22)(H,24,25)/t8-,9-,10-/m0/s1. The number of hydrogen-bond donors (Lipinski definition) is 7. The highest BCUT2D eigenvalue weighted by molar-refractivity contribution is 5.92. The summed E-state index contributed by atoms with van der Waals surface area (Å²) in [6.07, 6.45) is 1.16. The highest BCUT2D eigenvalue weighted by atomic mass is 16.4. The molecule has 0 unspecified atom stereocenters. The number of unbranched alkanes of at least 4 members (excludes halogenated alkanes) is 1. The van der Waals surface area contributed by atoms with Crippen LogP contribution in [0.1, 0.15) is 32.1 Å². The van der Waals surface area contributed by atoms with Crippen LogP contribution in [0.4, 0.5) is 0 Å². The van der Waals surface area contributed by atoms with Gasteiger partial charge in [0, 0.05) is 6.42 Å². The number of primary amides is 1. The Morgan fingerprint density at radius 3 is 2.04 bits per heavy atom. The van der Waals surface area contributed by atoms with Gasteiger partial charge in [0.25, 0.3) is 0 Å². The molecular weight excluding hydrogens is 334 g/mol. The van der Waals surface area contributed by atoms with Gasteiger partial charge in [-0.25, -0.2) is 4.79 Å². The van der Waals surface area contributed by atoms with Crippen molar-refractivity contribution in [2.75, 3.05) is 13.2 Å². The van der Waals surface area contributed by atoms with Gasteiger partial charge < -0.3 is 38.0 Å². The minimum absolute atomic E-state index is 0.0161. The molecule has 0 aliphatic rings. The normalized spacial score (nSPS) is 14.2. The predicted molar refractivity (Wildman–Crippen MR) is 87.9 cm³/mol. The number of aliphatic hydroxyl groups is 1. The summed E-state index contributed by atoms with van der Waals surface area (Å²) in [5.74, 6) is -3.46. The summed E-state index contributed by atoms with van der Waals surface area (Å²) in [7, 11) is 0. The Morgan fingerprint density at radius 2 is 1.56 bits per heavy atom. The second-order valence-corrected chi connectivity index (χ2v) is 5.54. The molecule has 0 aromatic heterocycles. The average molecular weight is 361 g/mol. The highest BCUT2D eigenvalue weighted by Gasteiger charge is 2.27. The summed E-state index contributed by atoms with van der Waals surface area (Å²) in [6.45, 7) is -0.339. The van der Waals surface area contributed by atoms with Crippen molar-refractivity contribution in [2.24, 2.45) is 17.2 Å². The molecule has 10 N–H and O–H groups in total. The van der Waals surface area contributed by atoms with E-state index in [0.717, 1.165) is 0 Å². The van der Waals surface area contributed by atoms with Crippen molar-refractivity contribution >= 4 is 23.7 Å². The van der Waals surface area contributed by atoms with Crippen LogP contribution in [0.2, 0.25) is 0 Å². The first-order valence-electron chi connectivity index (χ1n) is 7.91. The lowest BCUT2D eigenvalue weighted by atomic mass is 10.1. The number of hydrogen-bond acceptors (Lipinski definition) is 7. The summed E-state index contributed by atoms with van der Waals surface area (Å²) in [4.78, 5) is 45.7. The van der Waals surface area contributed by atoms with Crippen molar-refractivity contribution in [3.8, 4) is 0 Å². The number of nitrogens with two attached hydrogens (primary N) is 3. The van der Waals surface area contributed by atoms with E-state index < -0.39 is 48.4 Å². The molecule has 3 amide bonds. The van der Waals surface area contributed by atoms with Crippen molar-refractivity contribution in [3.05, 3.63) is 0 Å². The fourth-order valence-electron chi connectivity index (χ4n) is 1.92. The molecule has 11 nitrogen and oxygen atoms in total. The number of aliphatic hydroxyl groups excluding tert-OH is 1. The zero-order valence-electron chi connectivity index (χ0n) is 13.9. The Labute approximate surface area is 145 Å². The molecule has 0 aliphatic heterocycles. The molecule has 0 bridgehead atoms. The molecule has 0 radical (unpaired) electrons. The van der Waals surface area contributed by atoms with Crippen LogP contribution < -0.4 is 27.8 Å².